The maximum atomic E-state index is 13.9. The Balaban J connectivity index is 1.53. The molecule has 0 aromatic heterocycles. The van der Waals surface area contributed by atoms with E-state index >= 15 is 0 Å². The molecule has 0 bridgehead atoms. The molecular weight excluding hydrogens is 309 g/mol. The normalized spacial score (nSPS) is 27.6. The number of aliphatic hydroxyl groups excluding tert-OH is 1. The van der Waals surface area contributed by atoms with E-state index in [0.29, 0.717) is 12.2 Å². The molecule has 5 nitrogen and oxygen atoms in total. The van der Waals surface area contributed by atoms with E-state index < -0.39 is 6.10 Å². The predicted octanol–water partition coefficient (Wildman–Crippen LogP) is 2.40. The first-order valence-corrected chi connectivity index (χ1v) is 8.88. The Labute approximate surface area is 142 Å². The third-order valence-electron chi connectivity index (χ3n) is 5.00. The Bertz CT molecular complexity index is 569. The number of urea groups is 1. The molecule has 24 heavy (non-hydrogen) atoms. The average Bonchev–Trinajstić information content (AvgIpc) is 2.57. The van der Waals surface area contributed by atoms with Crippen molar-refractivity contribution in [3.8, 4) is 0 Å². The summed E-state index contributed by atoms with van der Waals surface area (Å²) in [6.45, 7) is 1.39. The Hall–Kier alpha value is -1.82. The Morgan fingerprint density at radius 1 is 1.12 bits per heavy atom. The molecule has 3 rings (SSSR count). The van der Waals surface area contributed by atoms with Gasteiger partial charge in [-0.3, -0.25) is 0 Å². The Morgan fingerprint density at radius 3 is 2.71 bits per heavy atom. The molecule has 1 saturated carbocycles. The van der Waals surface area contributed by atoms with Gasteiger partial charge in [0.05, 0.1) is 17.8 Å². The summed E-state index contributed by atoms with van der Waals surface area (Å²) in [6.07, 6.45) is 4.95. The minimum Gasteiger partial charge on any atom is -0.391 e. The topological polar surface area (TPSA) is 64.6 Å². The average molecular weight is 335 g/mol. The monoisotopic (exact) mass is 335 g/mol. The molecular formula is C18H26FN3O2. The summed E-state index contributed by atoms with van der Waals surface area (Å²) in [5.41, 5.74) is 0.590. The smallest absolute Gasteiger partial charge is 0.315 e. The molecule has 2 amide bonds. The lowest BCUT2D eigenvalue weighted by Crippen LogP contribution is -2.54. The molecule has 1 aromatic rings. The van der Waals surface area contributed by atoms with E-state index in [1.165, 1.54) is 6.07 Å². The minimum atomic E-state index is -0.453. The van der Waals surface area contributed by atoms with Crippen molar-refractivity contribution in [2.75, 3.05) is 18.0 Å². The van der Waals surface area contributed by atoms with Crippen LogP contribution in [0, 0.1) is 5.82 Å². The number of halogens is 1. The maximum absolute atomic E-state index is 13.9. The zero-order valence-electron chi connectivity index (χ0n) is 13.9. The predicted molar refractivity (Wildman–Crippen MR) is 91.6 cm³/mol. The highest BCUT2D eigenvalue weighted by Crippen LogP contribution is 2.23. The number of aliphatic hydroxyl groups is 1. The number of para-hydroxylation sites is 1. The number of amides is 2. The van der Waals surface area contributed by atoms with Crippen LogP contribution in [0.1, 0.15) is 38.5 Å². The van der Waals surface area contributed by atoms with Crippen molar-refractivity contribution in [3.63, 3.8) is 0 Å². The van der Waals surface area contributed by atoms with Gasteiger partial charge in [0.2, 0.25) is 0 Å². The molecule has 132 valence electrons. The summed E-state index contributed by atoms with van der Waals surface area (Å²) in [4.78, 5) is 14.2. The number of piperidine rings is 1. The summed E-state index contributed by atoms with van der Waals surface area (Å²) < 4.78 is 13.9. The molecule has 3 unspecified atom stereocenters. The molecule has 0 spiro atoms. The van der Waals surface area contributed by atoms with Gasteiger partial charge in [-0.2, -0.15) is 0 Å². The lowest BCUT2D eigenvalue weighted by molar-refractivity contribution is 0.0939. The number of carbonyl (C=O) groups is 1. The highest BCUT2D eigenvalue weighted by Gasteiger charge is 2.27. The van der Waals surface area contributed by atoms with Gasteiger partial charge in [-0.1, -0.05) is 25.0 Å². The van der Waals surface area contributed by atoms with Crippen molar-refractivity contribution >= 4 is 11.7 Å². The van der Waals surface area contributed by atoms with Gasteiger partial charge in [0.15, 0.2) is 0 Å². The van der Waals surface area contributed by atoms with E-state index in [9.17, 15) is 14.3 Å². The van der Waals surface area contributed by atoms with Crippen LogP contribution in [0.3, 0.4) is 0 Å². The van der Waals surface area contributed by atoms with Crippen LogP contribution in [-0.2, 0) is 0 Å². The van der Waals surface area contributed by atoms with E-state index in [0.717, 1.165) is 45.1 Å². The number of carbonyl (C=O) groups excluding carboxylic acids is 1. The van der Waals surface area contributed by atoms with E-state index in [1.54, 1.807) is 12.1 Å². The highest BCUT2D eigenvalue weighted by molar-refractivity contribution is 5.74. The molecule has 2 fully saturated rings. The zero-order chi connectivity index (χ0) is 16.9. The highest BCUT2D eigenvalue weighted by atomic mass is 19.1. The number of hydrogen-bond acceptors (Lipinski definition) is 3. The number of rotatable bonds is 3. The van der Waals surface area contributed by atoms with Crippen molar-refractivity contribution in [1.29, 1.82) is 0 Å². The van der Waals surface area contributed by atoms with Crippen molar-refractivity contribution in [2.45, 2.75) is 56.7 Å². The summed E-state index contributed by atoms with van der Waals surface area (Å²) >= 11 is 0. The largest absolute Gasteiger partial charge is 0.391 e. The molecule has 6 heteroatoms. The van der Waals surface area contributed by atoms with Gasteiger partial charge in [-0.15, -0.1) is 0 Å². The van der Waals surface area contributed by atoms with Gasteiger partial charge in [0, 0.05) is 19.1 Å². The van der Waals surface area contributed by atoms with Gasteiger partial charge in [0.25, 0.3) is 0 Å². The molecule has 2 aliphatic rings. The molecule has 1 saturated heterocycles. The first kappa shape index (κ1) is 17.0. The number of hydrogen-bond donors (Lipinski definition) is 3. The van der Waals surface area contributed by atoms with E-state index in [2.05, 4.69) is 10.6 Å². The first-order valence-electron chi connectivity index (χ1n) is 8.88. The molecule has 3 atom stereocenters. The fraction of sp³-hybridized carbons (Fsp3) is 0.611. The number of anilines is 1. The van der Waals surface area contributed by atoms with Crippen LogP contribution in [0.4, 0.5) is 14.9 Å². The van der Waals surface area contributed by atoms with Gasteiger partial charge < -0.3 is 20.6 Å². The summed E-state index contributed by atoms with van der Waals surface area (Å²) in [5.74, 6) is -0.229. The van der Waals surface area contributed by atoms with Gasteiger partial charge in [-0.25, -0.2) is 9.18 Å². The molecule has 1 heterocycles. The van der Waals surface area contributed by atoms with E-state index in [-0.39, 0.29) is 23.9 Å². The van der Waals surface area contributed by atoms with Crippen LogP contribution in [0.25, 0.3) is 0 Å². The Kier molecular flexibility index (Phi) is 5.56. The number of nitrogens with one attached hydrogen (secondary N) is 2. The Morgan fingerprint density at radius 2 is 1.92 bits per heavy atom. The van der Waals surface area contributed by atoms with Crippen molar-refractivity contribution in [1.82, 2.24) is 10.6 Å². The second-order valence-corrected chi connectivity index (χ2v) is 6.81. The molecule has 3 N–H and O–H groups in total. The third-order valence-corrected chi connectivity index (χ3v) is 5.00. The van der Waals surface area contributed by atoms with Crippen LogP contribution in [0.15, 0.2) is 24.3 Å². The van der Waals surface area contributed by atoms with E-state index in [1.807, 2.05) is 11.0 Å². The van der Waals surface area contributed by atoms with Crippen molar-refractivity contribution in [3.05, 3.63) is 30.1 Å². The van der Waals surface area contributed by atoms with E-state index in [4.69, 9.17) is 0 Å². The lowest BCUT2D eigenvalue weighted by Gasteiger charge is -2.35. The van der Waals surface area contributed by atoms with Crippen molar-refractivity contribution in [2.24, 2.45) is 0 Å². The lowest BCUT2D eigenvalue weighted by atomic mass is 9.93. The standard InChI is InChI=1S/C18H26FN3O2/c19-14-7-1-3-9-16(14)22-11-5-6-13(12-22)20-18(24)21-15-8-2-4-10-17(15)23/h1,3,7,9,13,15,17,23H,2,4-6,8,10-12H2,(H2,20,21,24). The minimum absolute atomic E-state index is 0.0147. The number of nitrogens with zero attached hydrogens (tertiary/aromatic N) is 1. The third kappa shape index (κ3) is 4.17. The quantitative estimate of drug-likeness (QED) is 0.795. The van der Waals surface area contributed by atoms with Crippen LogP contribution in [-0.4, -0.2) is 42.4 Å². The summed E-state index contributed by atoms with van der Waals surface area (Å²) in [5, 5.41) is 15.8. The summed E-state index contributed by atoms with van der Waals surface area (Å²) in [7, 11) is 0. The fourth-order valence-electron chi connectivity index (χ4n) is 3.70. The summed E-state index contributed by atoms with van der Waals surface area (Å²) in [6, 6.07) is 6.33. The van der Waals surface area contributed by atoms with Crippen LogP contribution >= 0.6 is 0 Å². The SMILES string of the molecule is O=C(NC1CCCN(c2ccccc2F)C1)NC1CCCCC1O. The van der Waals surface area contributed by atoms with Crippen LogP contribution < -0.4 is 15.5 Å². The molecule has 1 aliphatic carbocycles. The van der Waals surface area contributed by atoms with Crippen LogP contribution in [0.2, 0.25) is 0 Å². The number of benzene rings is 1. The fourth-order valence-corrected chi connectivity index (χ4v) is 3.70. The van der Waals surface area contributed by atoms with Crippen LogP contribution in [0.5, 0.6) is 0 Å². The van der Waals surface area contributed by atoms with Gasteiger partial charge >= 0.3 is 6.03 Å². The first-order chi connectivity index (χ1) is 11.6. The second kappa shape index (κ2) is 7.83. The molecule has 1 aromatic carbocycles. The molecule has 0 radical (unpaired) electrons. The van der Waals surface area contributed by atoms with Gasteiger partial charge in [0.1, 0.15) is 5.82 Å². The maximum Gasteiger partial charge on any atom is 0.315 e. The van der Waals surface area contributed by atoms with Gasteiger partial charge in [-0.05, 0) is 37.8 Å². The molecule has 1 aliphatic heterocycles. The zero-order valence-corrected chi connectivity index (χ0v) is 13.9. The second-order valence-electron chi connectivity index (χ2n) is 6.81. The van der Waals surface area contributed by atoms with Crippen molar-refractivity contribution < 1.29 is 14.3 Å².